The Labute approximate surface area is 71.0 Å². The highest BCUT2D eigenvalue weighted by Gasteiger charge is 1.71. The van der Waals surface area contributed by atoms with Gasteiger partial charge in [-0.2, -0.15) is 0 Å². The first kappa shape index (κ1) is 16.7. The van der Waals surface area contributed by atoms with Gasteiger partial charge in [-0.3, -0.25) is 0 Å². The highest BCUT2D eigenvalue weighted by Crippen LogP contribution is 1.82. The van der Waals surface area contributed by atoms with E-state index in [4.69, 9.17) is 0 Å². The fraction of sp³-hybridized carbons (Fsp3) is 1.00. The van der Waals surface area contributed by atoms with Crippen molar-refractivity contribution >= 4 is 11.8 Å². The summed E-state index contributed by atoms with van der Waals surface area (Å²) in [7, 11) is 0. The predicted octanol–water partition coefficient (Wildman–Crippen LogP) is 2.97. The number of rotatable bonds is 3. The van der Waals surface area contributed by atoms with Gasteiger partial charge in [-0.05, 0) is 12.8 Å². The van der Waals surface area contributed by atoms with E-state index in [0.29, 0.717) is 0 Å². The SMILES string of the molecule is CC.CC.CCNCSC. The van der Waals surface area contributed by atoms with Crippen molar-refractivity contribution in [1.82, 2.24) is 5.32 Å². The van der Waals surface area contributed by atoms with E-state index in [1.807, 2.05) is 39.5 Å². The largest absolute Gasteiger partial charge is 0.308 e. The van der Waals surface area contributed by atoms with Gasteiger partial charge < -0.3 is 5.32 Å². The Morgan fingerprint density at radius 2 is 1.50 bits per heavy atom. The number of hydrogen-bond acceptors (Lipinski definition) is 2. The van der Waals surface area contributed by atoms with Gasteiger partial charge in [0.2, 0.25) is 0 Å². The quantitative estimate of drug-likeness (QED) is 0.510. The van der Waals surface area contributed by atoms with Crippen LogP contribution in [0.25, 0.3) is 0 Å². The van der Waals surface area contributed by atoms with Crippen LogP contribution in [0.2, 0.25) is 0 Å². The molecule has 0 aliphatic carbocycles. The van der Waals surface area contributed by atoms with E-state index < -0.39 is 0 Å². The molecule has 0 aromatic rings. The van der Waals surface area contributed by atoms with Crippen LogP contribution in [0.4, 0.5) is 0 Å². The summed E-state index contributed by atoms with van der Waals surface area (Å²) in [4.78, 5) is 0. The molecule has 0 bridgehead atoms. The van der Waals surface area contributed by atoms with E-state index in [1.165, 1.54) is 0 Å². The van der Waals surface area contributed by atoms with E-state index >= 15 is 0 Å². The van der Waals surface area contributed by atoms with Gasteiger partial charge in [-0.1, -0.05) is 34.6 Å². The summed E-state index contributed by atoms with van der Waals surface area (Å²) in [5.74, 6) is 1.08. The van der Waals surface area contributed by atoms with Crippen molar-refractivity contribution < 1.29 is 0 Å². The van der Waals surface area contributed by atoms with E-state index in [1.54, 1.807) is 0 Å². The Hall–Kier alpha value is 0.310. The second-order valence-electron chi connectivity index (χ2n) is 1.04. The van der Waals surface area contributed by atoms with E-state index in [9.17, 15) is 0 Å². The van der Waals surface area contributed by atoms with Crippen LogP contribution in [0.5, 0.6) is 0 Å². The molecule has 0 heterocycles. The topological polar surface area (TPSA) is 12.0 Å². The lowest BCUT2D eigenvalue weighted by Crippen LogP contribution is -2.09. The zero-order valence-electron chi connectivity index (χ0n) is 8.32. The third-order valence-electron chi connectivity index (χ3n) is 0.496. The fourth-order valence-corrected chi connectivity index (χ4v) is 0.612. The lowest BCUT2D eigenvalue weighted by molar-refractivity contribution is 0.841. The van der Waals surface area contributed by atoms with Gasteiger partial charge in [-0.25, -0.2) is 0 Å². The molecule has 0 aliphatic heterocycles. The van der Waals surface area contributed by atoms with Gasteiger partial charge in [0.1, 0.15) is 0 Å². The van der Waals surface area contributed by atoms with Crippen molar-refractivity contribution in [1.29, 1.82) is 0 Å². The summed E-state index contributed by atoms with van der Waals surface area (Å²) in [6.07, 6.45) is 2.09. The molecule has 0 aromatic carbocycles. The van der Waals surface area contributed by atoms with Crippen LogP contribution in [0.1, 0.15) is 34.6 Å². The molecule has 0 atom stereocenters. The minimum atomic E-state index is 1.08. The van der Waals surface area contributed by atoms with Crippen molar-refractivity contribution in [3.05, 3.63) is 0 Å². The molecule has 1 nitrogen and oxygen atoms in total. The molecule has 0 rings (SSSR count). The van der Waals surface area contributed by atoms with Gasteiger partial charge in [-0.15, -0.1) is 11.8 Å². The van der Waals surface area contributed by atoms with Gasteiger partial charge in [0.25, 0.3) is 0 Å². The maximum Gasteiger partial charge on any atom is 0.0414 e. The Morgan fingerprint density at radius 1 is 1.10 bits per heavy atom. The molecule has 0 saturated carbocycles. The van der Waals surface area contributed by atoms with Crippen LogP contribution in [0.15, 0.2) is 0 Å². The first-order valence-electron chi connectivity index (χ1n) is 4.11. The first-order chi connectivity index (χ1) is 4.91. The molecular formula is C8H23NS. The van der Waals surface area contributed by atoms with Crippen molar-refractivity contribution in [3.63, 3.8) is 0 Å². The van der Waals surface area contributed by atoms with E-state index in [2.05, 4.69) is 18.5 Å². The van der Waals surface area contributed by atoms with Crippen molar-refractivity contribution in [2.45, 2.75) is 34.6 Å². The maximum atomic E-state index is 3.16. The number of nitrogens with one attached hydrogen (secondary N) is 1. The summed E-state index contributed by atoms with van der Waals surface area (Å²) in [5.41, 5.74) is 0. The van der Waals surface area contributed by atoms with Crippen molar-refractivity contribution in [2.24, 2.45) is 0 Å². The standard InChI is InChI=1S/C4H11NS.2C2H6/c1-3-5-4-6-2;2*1-2/h5H,3-4H2,1-2H3;2*1-2H3. The molecular weight excluding hydrogens is 142 g/mol. The molecule has 10 heavy (non-hydrogen) atoms. The molecule has 0 fully saturated rings. The molecule has 0 aliphatic rings. The Kier molecular flexibility index (Phi) is 57.9. The summed E-state index contributed by atoms with van der Waals surface area (Å²) >= 11 is 1.82. The zero-order valence-corrected chi connectivity index (χ0v) is 9.14. The number of thioether (sulfide) groups is 1. The third-order valence-corrected chi connectivity index (χ3v) is 0.989. The average Bonchev–Trinajstić information content (AvgIpc) is 2.08. The van der Waals surface area contributed by atoms with E-state index in [-0.39, 0.29) is 0 Å². The fourth-order valence-electron chi connectivity index (χ4n) is 0.204. The van der Waals surface area contributed by atoms with Crippen LogP contribution < -0.4 is 5.32 Å². The maximum absolute atomic E-state index is 3.16. The van der Waals surface area contributed by atoms with Gasteiger partial charge in [0.15, 0.2) is 0 Å². The van der Waals surface area contributed by atoms with Crippen LogP contribution in [-0.2, 0) is 0 Å². The van der Waals surface area contributed by atoms with Gasteiger partial charge >= 0.3 is 0 Å². The third kappa shape index (κ3) is 40.5. The van der Waals surface area contributed by atoms with Crippen molar-refractivity contribution in [2.75, 3.05) is 18.7 Å². The average molecular weight is 165 g/mol. The Bertz CT molecular complexity index is 21.2. The lowest BCUT2D eigenvalue weighted by Gasteiger charge is -1.91. The molecule has 0 amide bonds. The Morgan fingerprint density at radius 3 is 1.60 bits per heavy atom. The predicted molar refractivity (Wildman–Crippen MR) is 54.8 cm³/mol. The molecule has 0 spiro atoms. The van der Waals surface area contributed by atoms with E-state index in [0.717, 1.165) is 12.4 Å². The van der Waals surface area contributed by atoms with Gasteiger partial charge in [0, 0.05) is 5.88 Å². The van der Waals surface area contributed by atoms with Crippen molar-refractivity contribution in [3.8, 4) is 0 Å². The Balaban J connectivity index is -0.000000105. The molecule has 0 unspecified atom stereocenters. The second kappa shape index (κ2) is 34.6. The zero-order chi connectivity index (χ0) is 8.83. The molecule has 2 heteroatoms. The number of hydrogen-bond donors (Lipinski definition) is 1. The molecule has 66 valence electrons. The van der Waals surface area contributed by atoms with Crippen LogP contribution in [0, 0.1) is 0 Å². The summed E-state index contributed by atoms with van der Waals surface area (Å²) in [6, 6.07) is 0. The molecule has 0 radical (unpaired) electrons. The molecule has 0 aromatic heterocycles. The summed E-state index contributed by atoms with van der Waals surface area (Å²) in [5, 5.41) is 3.16. The first-order valence-corrected chi connectivity index (χ1v) is 5.50. The molecule has 1 N–H and O–H groups in total. The van der Waals surface area contributed by atoms with Crippen LogP contribution in [-0.4, -0.2) is 18.7 Å². The minimum Gasteiger partial charge on any atom is -0.308 e. The van der Waals surface area contributed by atoms with Crippen LogP contribution in [0.3, 0.4) is 0 Å². The highest BCUT2D eigenvalue weighted by molar-refractivity contribution is 7.98. The monoisotopic (exact) mass is 165 g/mol. The highest BCUT2D eigenvalue weighted by atomic mass is 32.2. The minimum absolute atomic E-state index is 1.08. The lowest BCUT2D eigenvalue weighted by atomic mass is 10.8. The van der Waals surface area contributed by atoms with Crippen LogP contribution >= 0.6 is 11.8 Å². The summed E-state index contributed by atoms with van der Waals surface area (Å²) in [6.45, 7) is 11.2. The van der Waals surface area contributed by atoms with Gasteiger partial charge in [0.05, 0.1) is 0 Å². The molecule has 0 saturated heterocycles. The normalized spacial score (nSPS) is 6.60. The second-order valence-corrected chi connectivity index (χ2v) is 1.90. The smallest absolute Gasteiger partial charge is 0.0414 e. The summed E-state index contributed by atoms with van der Waals surface area (Å²) < 4.78 is 0.